The number of hydrogen-bond donors (Lipinski definition) is 1. The summed E-state index contributed by atoms with van der Waals surface area (Å²) in [5.74, 6) is 3.33. The molecule has 25 heavy (non-hydrogen) atoms. The minimum absolute atomic E-state index is 0.0789. The third-order valence-corrected chi connectivity index (χ3v) is 5.49. The Morgan fingerprint density at radius 2 is 2.12 bits per heavy atom. The van der Waals surface area contributed by atoms with Gasteiger partial charge in [-0.1, -0.05) is 0 Å². The van der Waals surface area contributed by atoms with Crippen LogP contribution in [0.1, 0.15) is 0 Å². The van der Waals surface area contributed by atoms with Crippen LogP contribution in [0, 0.1) is 0 Å². The van der Waals surface area contributed by atoms with Crippen LogP contribution < -0.4 is 10.2 Å². The molecule has 3 heterocycles. The van der Waals surface area contributed by atoms with Crippen molar-refractivity contribution in [3.63, 3.8) is 0 Å². The zero-order valence-corrected chi connectivity index (χ0v) is 15.8. The van der Waals surface area contributed by atoms with Crippen LogP contribution in [0.3, 0.4) is 0 Å². The predicted octanol–water partition coefficient (Wildman–Crippen LogP) is -0.307. The maximum absolute atomic E-state index is 12.5. The summed E-state index contributed by atoms with van der Waals surface area (Å²) in [6.45, 7) is 5.95. The normalized spacial score (nSPS) is 20.2. The van der Waals surface area contributed by atoms with E-state index in [4.69, 9.17) is 0 Å². The van der Waals surface area contributed by atoms with E-state index in [-0.39, 0.29) is 5.91 Å². The van der Waals surface area contributed by atoms with Gasteiger partial charge in [0.1, 0.15) is 6.54 Å². The van der Waals surface area contributed by atoms with Gasteiger partial charge in [0.25, 0.3) is 0 Å². The number of guanidine groups is 1. The third-order valence-electron chi connectivity index (χ3n) is 4.55. The first-order chi connectivity index (χ1) is 12.2. The first-order valence-corrected chi connectivity index (χ1v) is 9.87. The molecule has 1 aromatic heterocycles. The SMILES string of the molecule is CN=C(NCCN1CCSCC1)N1CCN(c2cnn(C)c2)C(=O)C1. The second-order valence-electron chi connectivity index (χ2n) is 6.27. The average molecular weight is 366 g/mol. The topological polar surface area (TPSA) is 69.0 Å². The van der Waals surface area contributed by atoms with Gasteiger partial charge in [-0.3, -0.25) is 19.4 Å². The molecule has 0 aromatic carbocycles. The molecule has 0 radical (unpaired) electrons. The molecular weight excluding hydrogens is 338 g/mol. The molecule has 2 aliphatic heterocycles. The number of hydrogen-bond acceptors (Lipinski definition) is 5. The van der Waals surface area contributed by atoms with Crippen LogP contribution in [-0.4, -0.2) is 95.8 Å². The molecule has 0 saturated carbocycles. The average Bonchev–Trinajstić information content (AvgIpc) is 3.05. The van der Waals surface area contributed by atoms with Crippen LogP contribution in [0.4, 0.5) is 5.69 Å². The fourth-order valence-electron chi connectivity index (χ4n) is 3.16. The Balaban J connectivity index is 1.48. The van der Waals surface area contributed by atoms with Gasteiger partial charge in [0.05, 0.1) is 11.9 Å². The van der Waals surface area contributed by atoms with E-state index in [1.165, 1.54) is 11.5 Å². The number of anilines is 1. The van der Waals surface area contributed by atoms with Crippen molar-refractivity contribution in [2.24, 2.45) is 12.0 Å². The van der Waals surface area contributed by atoms with Crippen molar-refractivity contribution in [3.05, 3.63) is 12.4 Å². The molecule has 138 valence electrons. The van der Waals surface area contributed by atoms with Crippen molar-refractivity contribution in [3.8, 4) is 0 Å². The van der Waals surface area contributed by atoms with Crippen molar-refractivity contribution in [2.45, 2.75) is 0 Å². The lowest BCUT2D eigenvalue weighted by atomic mass is 10.3. The maximum atomic E-state index is 12.5. The highest BCUT2D eigenvalue weighted by atomic mass is 32.2. The van der Waals surface area contributed by atoms with E-state index >= 15 is 0 Å². The summed E-state index contributed by atoms with van der Waals surface area (Å²) in [5.41, 5.74) is 0.859. The molecule has 2 aliphatic rings. The zero-order valence-electron chi connectivity index (χ0n) is 15.0. The summed E-state index contributed by atoms with van der Waals surface area (Å²) >= 11 is 2.02. The molecule has 9 heteroatoms. The second kappa shape index (κ2) is 8.57. The summed E-state index contributed by atoms with van der Waals surface area (Å²) in [5, 5.41) is 7.55. The highest BCUT2D eigenvalue weighted by Crippen LogP contribution is 2.16. The van der Waals surface area contributed by atoms with Gasteiger partial charge < -0.3 is 15.1 Å². The number of aromatic nitrogens is 2. The van der Waals surface area contributed by atoms with Gasteiger partial charge in [0, 0.05) is 71.1 Å². The van der Waals surface area contributed by atoms with E-state index < -0.39 is 0 Å². The summed E-state index contributed by atoms with van der Waals surface area (Å²) in [4.78, 5) is 23.2. The fraction of sp³-hybridized carbons (Fsp3) is 0.688. The predicted molar refractivity (Wildman–Crippen MR) is 102 cm³/mol. The van der Waals surface area contributed by atoms with Crippen molar-refractivity contribution in [1.82, 2.24) is 24.9 Å². The van der Waals surface area contributed by atoms with Crippen LogP contribution in [0.15, 0.2) is 17.4 Å². The Morgan fingerprint density at radius 1 is 1.32 bits per heavy atom. The lowest BCUT2D eigenvalue weighted by molar-refractivity contribution is -0.120. The molecule has 1 N–H and O–H groups in total. The standard InChI is InChI=1S/C16H27N7OS/c1-17-16(18-3-4-21-7-9-25-10-8-21)22-5-6-23(15(24)13-22)14-11-19-20(2)12-14/h11-12H,3-10,13H2,1-2H3,(H,17,18). The highest BCUT2D eigenvalue weighted by molar-refractivity contribution is 7.99. The number of nitrogens with zero attached hydrogens (tertiary/aromatic N) is 6. The van der Waals surface area contributed by atoms with Crippen LogP contribution in [0.5, 0.6) is 0 Å². The van der Waals surface area contributed by atoms with E-state index in [0.717, 1.165) is 44.4 Å². The number of rotatable bonds is 4. The van der Waals surface area contributed by atoms with E-state index in [9.17, 15) is 4.79 Å². The third kappa shape index (κ3) is 4.66. The first-order valence-electron chi connectivity index (χ1n) is 8.72. The lowest BCUT2D eigenvalue weighted by Crippen LogP contribution is -2.56. The Bertz CT molecular complexity index is 611. The maximum Gasteiger partial charge on any atom is 0.246 e. The molecule has 0 atom stereocenters. The summed E-state index contributed by atoms with van der Waals surface area (Å²) < 4.78 is 1.72. The number of carbonyl (C=O) groups excluding carboxylic acids is 1. The van der Waals surface area contributed by atoms with Gasteiger partial charge in [-0.2, -0.15) is 16.9 Å². The summed E-state index contributed by atoms with van der Waals surface area (Å²) in [6, 6.07) is 0. The number of aryl methyl sites for hydroxylation is 1. The molecular formula is C16H27N7OS. The van der Waals surface area contributed by atoms with Crippen LogP contribution >= 0.6 is 11.8 Å². The van der Waals surface area contributed by atoms with Crippen molar-refractivity contribution in [2.75, 3.05) is 69.3 Å². The van der Waals surface area contributed by atoms with Gasteiger partial charge in [0.15, 0.2) is 5.96 Å². The molecule has 0 unspecified atom stereocenters. The Kier molecular flexibility index (Phi) is 6.19. The minimum atomic E-state index is 0.0789. The number of piperazine rings is 1. The number of nitrogens with one attached hydrogen (secondary N) is 1. The van der Waals surface area contributed by atoms with Crippen molar-refractivity contribution < 1.29 is 4.79 Å². The van der Waals surface area contributed by atoms with Gasteiger partial charge >= 0.3 is 0 Å². The zero-order chi connectivity index (χ0) is 17.6. The number of amides is 1. The quantitative estimate of drug-likeness (QED) is 0.583. The minimum Gasteiger partial charge on any atom is -0.355 e. The van der Waals surface area contributed by atoms with E-state index in [1.54, 1.807) is 22.8 Å². The number of carbonyl (C=O) groups is 1. The van der Waals surface area contributed by atoms with Gasteiger partial charge in [-0.15, -0.1) is 0 Å². The molecule has 2 saturated heterocycles. The van der Waals surface area contributed by atoms with Crippen LogP contribution in [0.25, 0.3) is 0 Å². The number of thioether (sulfide) groups is 1. The molecule has 0 aliphatic carbocycles. The van der Waals surface area contributed by atoms with Crippen LogP contribution in [-0.2, 0) is 11.8 Å². The molecule has 0 bridgehead atoms. The smallest absolute Gasteiger partial charge is 0.246 e. The molecule has 3 rings (SSSR count). The first kappa shape index (κ1) is 18.1. The number of aliphatic imine (C=N–C) groups is 1. The lowest BCUT2D eigenvalue weighted by Gasteiger charge is -2.35. The van der Waals surface area contributed by atoms with E-state index in [2.05, 4.69) is 20.3 Å². The molecule has 2 fully saturated rings. The van der Waals surface area contributed by atoms with Gasteiger partial charge in [-0.05, 0) is 0 Å². The van der Waals surface area contributed by atoms with Crippen molar-refractivity contribution >= 4 is 29.3 Å². The Labute approximate surface area is 153 Å². The Morgan fingerprint density at radius 3 is 2.76 bits per heavy atom. The molecule has 1 amide bonds. The highest BCUT2D eigenvalue weighted by Gasteiger charge is 2.27. The molecule has 0 spiro atoms. The Hall–Kier alpha value is -1.74. The molecule has 1 aromatic rings. The molecule has 8 nitrogen and oxygen atoms in total. The van der Waals surface area contributed by atoms with E-state index in [1.807, 2.05) is 29.9 Å². The monoisotopic (exact) mass is 365 g/mol. The largest absolute Gasteiger partial charge is 0.355 e. The second-order valence-corrected chi connectivity index (χ2v) is 7.49. The fourth-order valence-corrected chi connectivity index (χ4v) is 4.14. The summed E-state index contributed by atoms with van der Waals surface area (Å²) in [7, 11) is 3.63. The van der Waals surface area contributed by atoms with E-state index in [0.29, 0.717) is 13.1 Å². The summed E-state index contributed by atoms with van der Waals surface area (Å²) in [6.07, 6.45) is 3.61. The van der Waals surface area contributed by atoms with Crippen LogP contribution in [0.2, 0.25) is 0 Å². The van der Waals surface area contributed by atoms with Gasteiger partial charge in [-0.25, -0.2) is 0 Å². The van der Waals surface area contributed by atoms with Gasteiger partial charge in [0.2, 0.25) is 5.91 Å². The van der Waals surface area contributed by atoms with Crippen molar-refractivity contribution in [1.29, 1.82) is 0 Å².